The summed E-state index contributed by atoms with van der Waals surface area (Å²) in [4.78, 5) is 18.5. The van der Waals surface area contributed by atoms with E-state index in [0.29, 0.717) is 31.2 Å². The van der Waals surface area contributed by atoms with Crippen molar-refractivity contribution in [3.63, 3.8) is 0 Å². The Bertz CT molecular complexity index is 678. The molecule has 5 heteroatoms. The largest absolute Gasteiger partial charge is 0.339 e. The maximum absolute atomic E-state index is 12.2. The molecule has 1 aliphatic heterocycles. The third kappa shape index (κ3) is 3.03. The predicted octanol–water partition coefficient (Wildman–Crippen LogP) is 3.02. The van der Waals surface area contributed by atoms with Crippen LogP contribution in [0, 0.1) is 6.92 Å². The van der Waals surface area contributed by atoms with Crippen molar-refractivity contribution < 1.29 is 9.32 Å². The van der Waals surface area contributed by atoms with Gasteiger partial charge in [-0.25, -0.2) is 0 Å². The molecule has 1 amide bonds. The van der Waals surface area contributed by atoms with Crippen LogP contribution in [0.2, 0.25) is 0 Å². The number of aryl methyl sites for hydroxylation is 1. The number of carbonyl (C=O) groups excluding carboxylic acids is 1. The minimum atomic E-state index is 0.0114. The molecule has 1 aromatic carbocycles. The molecule has 3 rings (SSSR count). The highest BCUT2D eigenvalue weighted by atomic mass is 16.5. The number of amides is 1. The fourth-order valence-electron chi connectivity index (χ4n) is 2.77. The smallest absolute Gasteiger partial charge is 0.232 e. The van der Waals surface area contributed by atoms with E-state index in [4.69, 9.17) is 4.52 Å². The molecule has 22 heavy (non-hydrogen) atoms. The highest BCUT2D eigenvalue weighted by Gasteiger charge is 2.34. The van der Waals surface area contributed by atoms with Crippen molar-refractivity contribution in [3.8, 4) is 0 Å². The topological polar surface area (TPSA) is 59.2 Å². The summed E-state index contributed by atoms with van der Waals surface area (Å²) < 4.78 is 5.34. The molecule has 1 aliphatic rings. The number of likely N-dealkylation sites (tertiary alicyclic amines) is 1. The number of aromatic nitrogens is 2. The Labute approximate surface area is 130 Å². The van der Waals surface area contributed by atoms with Crippen molar-refractivity contribution >= 4 is 5.91 Å². The fourth-order valence-corrected chi connectivity index (χ4v) is 2.77. The molecule has 0 saturated carbocycles. The first-order chi connectivity index (χ1) is 10.5. The number of benzene rings is 1. The molecule has 1 saturated heterocycles. The maximum Gasteiger partial charge on any atom is 0.232 e. The van der Waals surface area contributed by atoms with E-state index in [1.165, 1.54) is 5.56 Å². The minimum absolute atomic E-state index is 0.0114. The molecule has 116 valence electrons. The van der Waals surface area contributed by atoms with Crippen molar-refractivity contribution in [1.82, 2.24) is 15.0 Å². The maximum atomic E-state index is 12.2. The molecule has 1 atom stereocenters. The van der Waals surface area contributed by atoms with Gasteiger partial charge in [-0.3, -0.25) is 4.79 Å². The lowest BCUT2D eigenvalue weighted by Crippen LogP contribution is -2.24. The van der Waals surface area contributed by atoms with Gasteiger partial charge >= 0.3 is 0 Å². The van der Waals surface area contributed by atoms with E-state index in [2.05, 4.69) is 35.3 Å². The van der Waals surface area contributed by atoms with Crippen LogP contribution in [0.15, 0.2) is 28.8 Å². The minimum Gasteiger partial charge on any atom is -0.339 e. The Morgan fingerprint density at radius 3 is 2.91 bits per heavy atom. The second-order valence-electron chi connectivity index (χ2n) is 6.31. The lowest BCUT2D eigenvalue weighted by Gasteiger charge is -2.16. The third-order valence-corrected chi connectivity index (χ3v) is 3.99. The molecule has 0 N–H and O–H groups in total. The normalized spacial score (nSPS) is 18.5. The summed E-state index contributed by atoms with van der Waals surface area (Å²) >= 11 is 0. The molecule has 5 nitrogen and oxygen atoms in total. The van der Waals surface area contributed by atoms with Crippen molar-refractivity contribution in [1.29, 1.82) is 0 Å². The van der Waals surface area contributed by atoms with Gasteiger partial charge in [0, 0.05) is 25.4 Å². The summed E-state index contributed by atoms with van der Waals surface area (Å²) in [7, 11) is 0. The quantitative estimate of drug-likeness (QED) is 0.870. The zero-order valence-electron chi connectivity index (χ0n) is 13.2. The van der Waals surface area contributed by atoms with Gasteiger partial charge in [-0.2, -0.15) is 4.98 Å². The molecular formula is C17H21N3O2. The van der Waals surface area contributed by atoms with Gasteiger partial charge in [0.15, 0.2) is 5.82 Å². The van der Waals surface area contributed by atoms with E-state index in [-0.39, 0.29) is 17.7 Å². The Balaban J connectivity index is 1.70. The van der Waals surface area contributed by atoms with Gasteiger partial charge in [0.1, 0.15) is 0 Å². The molecule has 2 aromatic rings. The first-order valence-electron chi connectivity index (χ1n) is 7.69. The van der Waals surface area contributed by atoms with E-state index in [1.807, 2.05) is 24.8 Å². The van der Waals surface area contributed by atoms with Crippen LogP contribution in [0.1, 0.15) is 54.9 Å². The molecule has 0 radical (unpaired) electrons. The molecule has 0 spiro atoms. The van der Waals surface area contributed by atoms with Crippen molar-refractivity contribution in [2.45, 2.75) is 45.6 Å². The second kappa shape index (κ2) is 5.91. The molecule has 1 aromatic heterocycles. The predicted molar refractivity (Wildman–Crippen MR) is 82.3 cm³/mol. The summed E-state index contributed by atoms with van der Waals surface area (Å²) in [5, 5.41) is 3.99. The molecular weight excluding hydrogens is 278 g/mol. The van der Waals surface area contributed by atoms with E-state index in [0.717, 1.165) is 5.56 Å². The van der Waals surface area contributed by atoms with Crippen LogP contribution < -0.4 is 0 Å². The summed E-state index contributed by atoms with van der Waals surface area (Å²) in [6.07, 6.45) is 0.450. The van der Waals surface area contributed by atoms with Crippen LogP contribution in [0.5, 0.6) is 0 Å². The molecule has 2 heterocycles. The van der Waals surface area contributed by atoms with Gasteiger partial charge < -0.3 is 9.42 Å². The van der Waals surface area contributed by atoms with E-state index in [1.54, 1.807) is 0 Å². The molecule has 1 fully saturated rings. The second-order valence-corrected chi connectivity index (χ2v) is 6.31. The van der Waals surface area contributed by atoms with Gasteiger partial charge in [-0.15, -0.1) is 0 Å². The number of carbonyl (C=O) groups is 1. The summed E-state index contributed by atoms with van der Waals surface area (Å²) in [5.74, 6) is 1.69. The van der Waals surface area contributed by atoms with Crippen LogP contribution in [-0.4, -0.2) is 27.5 Å². The fraction of sp³-hybridized carbons (Fsp3) is 0.471. The highest BCUT2D eigenvalue weighted by Crippen LogP contribution is 2.29. The van der Waals surface area contributed by atoms with Gasteiger partial charge in [0.2, 0.25) is 11.8 Å². The lowest BCUT2D eigenvalue weighted by molar-refractivity contribution is -0.128. The summed E-state index contributed by atoms with van der Waals surface area (Å²) in [5.41, 5.74) is 2.36. The van der Waals surface area contributed by atoms with Gasteiger partial charge in [-0.1, -0.05) is 48.8 Å². The van der Waals surface area contributed by atoms with Gasteiger partial charge in [0.05, 0.1) is 5.92 Å². The number of rotatable bonds is 4. The summed E-state index contributed by atoms with van der Waals surface area (Å²) in [6.45, 7) is 7.40. The van der Waals surface area contributed by atoms with Gasteiger partial charge in [-0.05, 0) is 12.5 Å². The first kappa shape index (κ1) is 14.8. The molecule has 0 bridgehead atoms. The van der Waals surface area contributed by atoms with Crippen molar-refractivity contribution in [2.24, 2.45) is 0 Å². The Morgan fingerprint density at radius 2 is 2.23 bits per heavy atom. The van der Waals surface area contributed by atoms with Crippen molar-refractivity contribution in [3.05, 3.63) is 47.1 Å². The highest BCUT2D eigenvalue weighted by molar-refractivity contribution is 5.79. The van der Waals surface area contributed by atoms with Crippen LogP contribution in [0.4, 0.5) is 0 Å². The van der Waals surface area contributed by atoms with Crippen LogP contribution in [-0.2, 0) is 11.3 Å². The third-order valence-electron chi connectivity index (χ3n) is 3.99. The molecule has 1 unspecified atom stereocenters. The monoisotopic (exact) mass is 299 g/mol. The molecule has 0 aliphatic carbocycles. The lowest BCUT2D eigenvalue weighted by atomic mass is 10.1. The summed E-state index contributed by atoms with van der Waals surface area (Å²) in [6, 6.07) is 8.25. The van der Waals surface area contributed by atoms with E-state index >= 15 is 0 Å². The Kier molecular flexibility index (Phi) is 3.96. The van der Waals surface area contributed by atoms with Crippen LogP contribution >= 0.6 is 0 Å². The number of nitrogens with zero attached hydrogens (tertiary/aromatic N) is 3. The number of hydrogen-bond donors (Lipinski definition) is 0. The van der Waals surface area contributed by atoms with Gasteiger partial charge in [0.25, 0.3) is 0 Å². The average Bonchev–Trinajstić information content (AvgIpc) is 3.07. The Morgan fingerprint density at radius 1 is 1.41 bits per heavy atom. The standard InChI is InChI=1S/C17H21N3O2/c1-11(2)16-18-17(22-19-16)14-8-15(21)20(10-14)9-13-6-4-5-12(3)7-13/h4-7,11,14H,8-10H2,1-3H3. The van der Waals surface area contributed by atoms with Crippen LogP contribution in [0.25, 0.3) is 0 Å². The van der Waals surface area contributed by atoms with Crippen molar-refractivity contribution in [2.75, 3.05) is 6.54 Å². The zero-order valence-corrected chi connectivity index (χ0v) is 13.2. The van der Waals surface area contributed by atoms with Crippen LogP contribution in [0.3, 0.4) is 0 Å². The van der Waals surface area contributed by atoms with E-state index < -0.39 is 0 Å². The first-order valence-corrected chi connectivity index (χ1v) is 7.69. The zero-order chi connectivity index (χ0) is 15.7. The Hall–Kier alpha value is -2.17. The van der Waals surface area contributed by atoms with E-state index in [9.17, 15) is 4.79 Å². The SMILES string of the molecule is Cc1cccc(CN2CC(c3nc(C(C)C)no3)CC2=O)c1. The number of hydrogen-bond acceptors (Lipinski definition) is 4. The average molecular weight is 299 g/mol.